The van der Waals surface area contributed by atoms with Crippen LogP contribution < -0.4 is 4.90 Å². The number of pyridine rings is 4. The third-order valence-corrected chi connectivity index (χ3v) is 16.0. The van der Waals surface area contributed by atoms with Crippen LogP contribution in [0.5, 0.6) is 0 Å². The minimum Gasteiger partial charge on any atom is -0.753 e. The maximum atomic E-state index is 12.8. The number of carboxylic acid groups (broad SMARTS) is 4. The van der Waals surface area contributed by atoms with E-state index in [4.69, 9.17) is 32.3 Å². The van der Waals surface area contributed by atoms with E-state index >= 15 is 0 Å². The van der Waals surface area contributed by atoms with Crippen LogP contribution in [0.2, 0.25) is 0 Å². The van der Waals surface area contributed by atoms with Crippen molar-refractivity contribution in [3.63, 3.8) is 0 Å². The Hall–Kier alpha value is -11.7. The molecular formula is C73H49N9O9RuS2. The molecule has 9 aromatic rings. The number of hydrogen-bond donors (Lipinski definition) is 4. The number of aryl methyl sites for hydroxylation is 2. The van der Waals surface area contributed by atoms with E-state index in [1.54, 1.807) is 12.2 Å². The van der Waals surface area contributed by atoms with Crippen molar-refractivity contribution < 1.29 is 63.8 Å². The summed E-state index contributed by atoms with van der Waals surface area (Å²) in [5.41, 5.74) is 14.4. The summed E-state index contributed by atoms with van der Waals surface area (Å²) in [7, 11) is 0. The summed E-state index contributed by atoms with van der Waals surface area (Å²) in [6, 6.07) is 49.1. The quantitative estimate of drug-likeness (QED) is 0.0291. The predicted octanol–water partition coefficient (Wildman–Crippen LogP) is 14.8. The molecule has 1 aliphatic carbocycles. The minimum atomic E-state index is -1.16. The van der Waals surface area contributed by atoms with Gasteiger partial charge in [-0.05, 0) is 160 Å². The van der Waals surface area contributed by atoms with Gasteiger partial charge in [-0.2, -0.15) is 10.3 Å². The number of benzene rings is 5. The number of fused-ring (bicyclic) bond motifs is 3. The first-order chi connectivity index (χ1) is 45.1. The van der Waals surface area contributed by atoms with Crippen molar-refractivity contribution in [3.05, 3.63) is 301 Å². The molecule has 0 unspecified atom stereocenters. The maximum Gasteiger partial charge on any atom is 2.00 e. The number of carbonyl (C=O) groups is 4. The molecule has 7 heterocycles. The number of ether oxygens (including phenoxy) is 1. The Labute approximate surface area is 562 Å². The molecule has 3 aliphatic heterocycles. The van der Waals surface area contributed by atoms with Gasteiger partial charge in [0, 0.05) is 54.7 Å². The molecule has 4 aliphatic rings. The molecule has 0 spiro atoms. The summed E-state index contributed by atoms with van der Waals surface area (Å²) in [6.07, 6.45) is 17.4. The Bertz CT molecular complexity index is 4630. The summed E-state index contributed by atoms with van der Waals surface area (Å²) in [6.45, 7) is 10.0. The zero-order chi connectivity index (χ0) is 65.8. The molecule has 5 aromatic carbocycles. The molecule has 0 fully saturated rings. The Morgan fingerprint density at radius 1 is 0.596 bits per heavy atom. The number of aromatic nitrogens is 4. The number of anilines is 1. The second-order valence-electron chi connectivity index (χ2n) is 21.2. The van der Waals surface area contributed by atoms with Crippen molar-refractivity contribution >= 4 is 76.2 Å². The van der Waals surface area contributed by atoms with E-state index < -0.39 is 29.3 Å². The van der Waals surface area contributed by atoms with Gasteiger partial charge >= 0.3 is 43.4 Å². The molecular weight excluding hydrogens is 1310 g/mol. The van der Waals surface area contributed by atoms with Gasteiger partial charge in [-0.15, -0.1) is 0 Å². The smallest absolute Gasteiger partial charge is 0.753 e. The molecule has 0 saturated heterocycles. The summed E-state index contributed by atoms with van der Waals surface area (Å²) in [4.78, 5) is 68.9. The number of aromatic carboxylic acids is 4. The van der Waals surface area contributed by atoms with E-state index in [2.05, 4.69) is 115 Å². The van der Waals surface area contributed by atoms with Crippen molar-refractivity contribution in [2.45, 2.75) is 31.1 Å². The van der Waals surface area contributed by atoms with Crippen LogP contribution in [0, 0.1) is 17.9 Å². The fourth-order valence-electron chi connectivity index (χ4n) is 12.1. The summed E-state index contributed by atoms with van der Waals surface area (Å²) >= 11 is 7.40. The monoisotopic (exact) mass is 1360 g/mol. The van der Waals surface area contributed by atoms with Gasteiger partial charge in [0.05, 0.1) is 63.1 Å². The van der Waals surface area contributed by atoms with Crippen LogP contribution in [0.1, 0.15) is 98.8 Å². The van der Waals surface area contributed by atoms with Crippen molar-refractivity contribution in [2.75, 3.05) is 18.0 Å². The zero-order valence-electron chi connectivity index (χ0n) is 49.3. The van der Waals surface area contributed by atoms with Crippen molar-refractivity contribution in [1.29, 1.82) is 5.26 Å². The maximum absolute atomic E-state index is 12.8. The van der Waals surface area contributed by atoms with Crippen molar-refractivity contribution in [1.82, 2.24) is 19.9 Å². The van der Waals surface area contributed by atoms with Gasteiger partial charge in [-0.3, -0.25) is 19.9 Å². The van der Waals surface area contributed by atoms with E-state index in [-0.39, 0.29) is 58.8 Å². The molecule has 13 rings (SSSR count). The first kappa shape index (κ1) is 66.8. The van der Waals surface area contributed by atoms with Crippen LogP contribution in [-0.2, 0) is 42.5 Å². The molecule has 0 saturated carbocycles. The van der Waals surface area contributed by atoms with Crippen LogP contribution in [0.15, 0.2) is 212 Å². The number of nitriles is 1. The van der Waals surface area contributed by atoms with Gasteiger partial charge in [-0.1, -0.05) is 128 Å². The number of allylic oxidation sites excluding steroid dienone is 5. The fraction of sp³-hybridized carbons (Fsp3) is 0.0959. The molecule has 94 heavy (non-hydrogen) atoms. The van der Waals surface area contributed by atoms with Gasteiger partial charge in [0.2, 0.25) is 0 Å². The molecule has 0 radical (unpaired) electrons. The number of hydrogen-bond acceptors (Lipinski definition) is 13. The number of carboxylic acids is 4. The third-order valence-electron chi connectivity index (χ3n) is 16.0. The van der Waals surface area contributed by atoms with E-state index in [9.17, 15) is 34.7 Å². The minimum absolute atomic E-state index is 0. The molecule has 0 amide bonds. The van der Waals surface area contributed by atoms with Crippen LogP contribution >= 0.6 is 24.4 Å². The van der Waals surface area contributed by atoms with E-state index in [1.807, 2.05) is 66.7 Å². The van der Waals surface area contributed by atoms with E-state index in [0.29, 0.717) is 39.6 Å². The van der Waals surface area contributed by atoms with Gasteiger partial charge < -0.3 is 40.9 Å². The number of rotatable bonds is 12. The number of thiocarbonyl (C=S) groups is 2. The van der Waals surface area contributed by atoms with Crippen LogP contribution in [-0.4, -0.2) is 87.7 Å². The standard InChI is InChI=1S/C59H41N5O5.C12H8N2O4.2CNS.Ru/c1-61-54(34-60)42-30-45(23-14-36-28-39-8-6-26-64-27-7-9-40(29-36)56(39)64)69-55(32-42)38-17-21-44(22-18-38)59(50-12-4-2-10-46(50)47-11-3-5-13-51(47)59)43-19-15-37(16-20-43)49-35-63-53(33-48(49)58(67)68)52-31-41(57(65)66)24-25-62-52;15-11(16)7-1-3-13-9(5-7)10-6-8(12(17)18)2-4-14-10;2*2-1-3;/h2-5,10-25,28-33,35H,6-9,26-27H2,(H,65,66)(H,67,68);1-6H,(H,15,16)(H,17,18);;;/q;;2*-1;+2/b23-14+,54-42-;;;;. The molecule has 0 bridgehead atoms. The first-order valence-electron chi connectivity index (χ1n) is 28.6. The normalized spacial score (nSPS) is 13.7. The molecule has 4 aromatic heterocycles. The zero-order valence-corrected chi connectivity index (χ0v) is 52.7. The Kier molecular flexibility index (Phi) is 21.3. The van der Waals surface area contributed by atoms with Crippen molar-refractivity contribution in [3.8, 4) is 51.1 Å². The Morgan fingerprint density at radius 2 is 1.05 bits per heavy atom. The largest absolute Gasteiger partial charge is 2.00 e. The molecule has 18 nitrogen and oxygen atoms in total. The molecule has 0 atom stereocenters. The third kappa shape index (κ3) is 14.0. The molecule has 460 valence electrons. The number of nitrogens with zero attached hydrogens (tertiary/aromatic N) is 9. The second kappa shape index (κ2) is 30.0. The Morgan fingerprint density at radius 3 is 1.50 bits per heavy atom. The van der Waals surface area contributed by atoms with Crippen molar-refractivity contribution in [2.24, 2.45) is 0 Å². The van der Waals surface area contributed by atoms with E-state index in [0.717, 1.165) is 83.3 Å². The van der Waals surface area contributed by atoms with E-state index in [1.165, 1.54) is 94.4 Å². The fourth-order valence-corrected chi connectivity index (χ4v) is 12.1. The van der Waals surface area contributed by atoms with Crippen LogP contribution in [0.4, 0.5) is 5.69 Å². The second-order valence-corrected chi connectivity index (χ2v) is 21.6. The molecule has 4 N–H and O–H groups in total. The van der Waals surface area contributed by atoms with Crippen LogP contribution in [0.25, 0.3) is 72.5 Å². The Balaban J connectivity index is 0.000000352. The number of isothiocyanates is 2. The van der Waals surface area contributed by atoms with Crippen LogP contribution in [0.3, 0.4) is 0 Å². The summed E-state index contributed by atoms with van der Waals surface area (Å²) in [5.74, 6) is -3.40. The SMILES string of the molecule is O=C(O)c1ccnc(-c2cc(C(=O)O)ccn2)c1.[C-]#[N+]/C(C#N)=C1C=C(/C=C/c2cc3c4c(c2)CCCN4CCC3)OC(c2ccc(C3(c4ccc(-c5cnc(-c6cc(C(=O)O)ccn6)cc5C(=O)O)cc4)c4ccccc4-c4ccccc43)cc2)=C/1.[N-]=C=S.[N-]=C=S.[Ru+2]. The van der Waals surface area contributed by atoms with Gasteiger partial charge in [-0.25, -0.2) is 29.3 Å². The topological polar surface area (TPSA) is 286 Å². The summed E-state index contributed by atoms with van der Waals surface area (Å²) in [5, 5.41) is 64.6. The average molecular weight is 1360 g/mol. The predicted molar refractivity (Wildman–Crippen MR) is 358 cm³/mol. The van der Waals surface area contributed by atoms with Gasteiger partial charge in [0.1, 0.15) is 11.5 Å². The summed E-state index contributed by atoms with van der Waals surface area (Å²) < 4.78 is 6.58. The average Bonchev–Trinajstić information content (AvgIpc) is 1.53. The molecule has 21 heteroatoms. The van der Waals surface area contributed by atoms with Gasteiger partial charge in [0.25, 0.3) is 5.70 Å². The van der Waals surface area contributed by atoms with Gasteiger partial charge in [0.15, 0.2) is 0 Å². The first-order valence-corrected chi connectivity index (χ1v) is 29.4.